The first-order chi connectivity index (χ1) is 7.90. The number of anilines is 1. The van der Waals surface area contributed by atoms with Crippen LogP contribution < -0.4 is 4.90 Å². The molecule has 0 radical (unpaired) electrons. The molecular formula is C14H19NO. The number of rotatable bonds is 2. The average molecular weight is 217 g/mol. The lowest BCUT2D eigenvalue weighted by Crippen LogP contribution is -2.31. The van der Waals surface area contributed by atoms with Crippen molar-refractivity contribution in [3.05, 3.63) is 29.3 Å². The molecule has 1 aliphatic carbocycles. The Kier molecular flexibility index (Phi) is 2.60. The lowest BCUT2D eigenvalue weighted by molar-refractivity contribution is 0.282. The van der Waals surface area contributed by atoms with Crippen molar-refractivity contribution in [1.29, 1.82) is 0 Å². The Morgan fingerprint density at radius 2 is 2.06 bits per heavy atom. The Morgan fingerprint density at radius 3 is 2.81 bits per heavy atom. The van der Waals surface area contributed by atoms with Gasteiger partial charge in [-0.05, 0) is 24.8 Å². The normalized spacial score (nSPS) is 20.4. The third-order valence-electron chi connectivity index (χ3n) is 4.05. The SMILES string of the molecule is OCc1cccc2c1N(C1CCCC1)CC2. The zero-order chi connectivity index (χ0) is 11.0. The van der Waals surface area contributed by atoms with Gasteiger partial charge in [0.1, 0.15) is 0 Å². The number of nitrogens with zero attached hydrogens (tertiary/aromatic N) is 1. The van der Waals surface area contributed by atoms with Crippen LogP contribution in [0.15, 0.2) is 18.2 Å². The molecule has 0 bridgehead atoms. The molecule has 16 heavy (non-hydrogen) atoms. The Hall–Kier alpha value is -1.02. The van der Waals surface area contributed by atoms with Gasteiger partial charge in [-0.15, -0.1) is 0 Å². The Bertz CT molecular complexity index is 382. The summed E-state index contributed by atoms with van der Waals surface area (Å²) >= 11 is 0. The fourth-order valence-electron chi connectivity index (χ4n) is 3.28. The van der Waals surface area contributed by atoms with Crippen LogP contribution in [0.4, 0.5) is 5.69 Å². The summed E-state index contributed by atoms with van der Waals surface area (Å²) < 4.78 is 0. The van der Waals surface area contributed by atoms with Crippen LogP contribution in [-0.4, -0.2) is 17.7 Å². The minimum Gasteiger partial charge on any atom is -0.392 e. The zero-order valence-corrected chi connectivity index (χ0v) is 9.65. The van der Waals surface area contributed by atoms with E-state index in [4.69, 9.17) is 0 Å². The van der Waals surface area contributed by atoms with Crippen molar-refractivity contribution in [2.45, 2.75) is 44.8 Å². The van der Waals surface area contributed by atoms with Crippen LogP contribution in [0.1, 0.15) is 36.8 Å². The summed E-state index contributed by atoms with van der Waals surface area (Å²) in [5.74, 6) is 0. The molecule has 1 aromatic carbocycles. The summed E-state index contributed by atoms with van der Waals surface area (Å²) in [5, 5.41) is 9.44. The van der Waals surface area contributed by atoms with Gasteiger partial charge in [-0.2, -0.15) is 0 Å². The second kappa shape index (κ2) is 4.10. The van der Waals surface area contributed by atoms with Crippen molar-refractivity contribution in [2.75, 3.05) is 11.4 Å². The van der Waals surface area contributed by atoms with Gasteiger partial charge in [0, 0.05) is 23.8 Å². The fraction of sp³-hybridized carbons (Fsp3) is 0.571. The number of para-hydroxylation sites is 1. The van der Waals surface area contributed by atoms with Gasteiger partial charge < -0.3 is 10.0 Å². The Balaban J connectivity index is 1.96. The number of hydrogen-bond acceptors (Lipinski definition) is 2. The van der Waals surface area contributed by atoms with Crippen molar-refractivity contribution in [3.8, 4) is 0 Å². The highest BCUT2D eigenvalue weighted by atomic mass is 16.3. The lowest BCUT2D eigenvalue weighted by atomic mass is 10.1. The van der Waals surface area contributed by atoms with E-state index < -0.39 is 0 Å². The molecule has 0 saturated heterocycles. The summed E-state index contributed by atoms with van der Waals surface area (Å²) in [6.45, 7) is 1.32. The maximum absolute atomic E-state index is 9.44. The predicted molar refractivity (Wildman–Crippen MR) is 65.7 cm³/mol. The highest BCUT2D eigenvalue weighted by Gasteiger charge is 2.29. The second-order valence-corrected chi connectivity index (χ2v) is 4.96. The van der Waals surface area contributed by atoms with Crippen LogP contribution in [-0.2, 0) is 13.0 Å². The smallest absolute Gasteiger partial charge is 0.0702 e. The van der Waals surface area contributed by atoms with Gasteiger partial charge in [0.2, 0.25) is 0 Å². The topological polar surface area (TPSA) is 23.5 Å². The molecule has 1 heterocycles. The van der Waals surface area contributed by atoms with Crippen LogP contribution in [0.25, 0.3) is 0 Å². The molecule has 2 aliphatic rings. The third-order valence-corrected chi connectivity index (χ3v) is 4.05. The maximum atomic E-state index is 9.44. The highest BCUT2D eigenvalue weighted by Crippen LogP contribution is 2.37. The van der Waals surface area contributed by atoms with Gasteiger partial charge in [-0.1, -0.05) is 31.0 Å². The summed E-state index contributed by atoms with van der Waals surface area (Å²) in [4.78, 5) is 2.55. The summed E-state index contributed by atoms with van der Waals surface area (Å²) in [7, 11) is 0. The Labute approximate surface area is 96.9 Å². The van der Waals surface area contributed by atoms with E-state index >= 15 is 0 Å². The first-order valence-electron chi connectivity index (χ1n) is 6.38. The fourth-order valence-corrected chi connectivity index (χ4v) is 3.28. The van der Waals surface area contributed by atoms with E-state index in [-0.39, 0.29) is 6.61 Å². The molecule has 1 fully saturated rings. The van der Waals surface area contributed by atoms with Crippen LogP contribution in [0.5, 0.6) is 0 Å². The minimum absolute atomic E-state index is 0.173. The lowest BCUT2D eigenvalue weighted by Gasteiger charge is -2.28. The molecule has 0 spiro atoms. The number of aliphatic hydroxyl groups is 1. The summed E-state index contributed by atoms with van der Waals surface area (Å²) in [6.07, 6.45) is 6.56. The van der Waals surface area contributed by atoms with Crippen molar-refractivity contribution in [1.82, 2.24) is 0 Å². The molecule has 0 unspecified atom stereocenters. The first kappa shape index (κ1) is 10.2. The maximum Gasteiger partial charge on any atom is 0.0702 e. The molecule has 2 heteroatoms. The van der Waals surface area contributed by atoms with Crippen LogP contribution in [0.3, 0.4) is 0 Å². The van der Waals surface area contributed by atoms with E-state index in [2.05, 4.69) is 23.1 Å². The van der Waals surface area contributed by atoms with Gasteiger partial charge in [0.25, 0.3) is 0 Å². The van der Waals surface area contributed by atoms with Gasteiger partial charge in [-0.25, -0.2) is 0 Å². The molecule has 0 aromatic heterocycles. The van der Waals surface area contributed by atoms with Crippen molar-refractivity contribution >= 4 is 5.69 Å². The average Bonchev–Trinajstić information content (AvgIpc) is 2.96. The van der Waals surface area contributed by atoms with E-state index in [1.807, 2.05) is 0 Å². The van der Waals surface area contributed by atoms with Gasteiger partial charge >= 0.3 is 0 Å². The largest absolute Gasteiger partial charge is 0.392 e. The number of hydrogen-bond donors (Lipinski definition) is 1. The van der Waals surface area contributed by atoms with E-state index in [9.17, 15) is 5.11 Å². The third kappa shape index (κ3) is 1.52. The van der Waals surface area contributed by atoms with E-state index in [0.717, 1.165) is 24.6 Å². The first-order valence-corrected chi connectivity index (χ1v) is 6.38. The molecule has 1 N–H and O–H groups in total. The van der Waals surface area contributed by atoms with Crippen molar-refractivity contribution in [2.24, 2.45) is 0 Å². The number of benzene rings is 1. The van der Waals surface area contributed by atoms with Crippen LogP contribution in [0, 0.1) is 0 Å². The second-order valence-electron chi connectivity index (χ2n) is 4.96. The number of aliphatic hydroxyl groups excluding tert-OH is 1. The van der Waals surface area contributed by atoms with Gasteiger partial charge in [0.15, 0.2) is 0 Å². The quantitative estimate of drug-likeness (QED) is 0.822. The van der Waals surface area contributed by atoms with E-state index in [1.54, 1.807) is 0 Å². The van der Waals surface area contributed by atoms with E-state index in [0.29, 0.717) is 0 Å². The summed E-state index contributed by atoms with van der Waals surface area (Å²) in [5.41, 5.74) is 3.89. The Morgan fingerprint density at radius 1 is 1.25 bits per heavy atom. The molecule has 0 atom stereocenters. The zero-order valence-electron chi connectivity index (χ0n) is 9.65. The van der Waals surface area contributed by atoms with Crippen molar-refractivity contribution < 1.29 is 5.11 Å². The van der Waals surface area contributed by atoms with Crippen LogP contribution >= 0.6 is 0 Å². The van der Waals surface area contributed by atoms with Gasteiger partial charge in [-0.3, -0.25) is 0 Å². The standard InChI is InChI=1S/C14H19NO/c16-10-12-5-3-4-11-8-9-15(14(11)12)13-6-1-2-7-13/h3-5,13,16H,1-2,6-10H2. The van der Waals surface area contributed by atoms with Crippen LogP contribution in [0.2, 0.25) is 0 Å². The van der Waals surface area contributed by atoms with Gasteiger partial charge in [0.05, 0.1) is 6.61 Å². The molecule has 0 amide bonds. The molecule has 2 nitrogen and oxygen atoms in total. The molecular weight excluding hydrogens is 198 g/mol. The molecule has 1 aromatic rings. The minimum atomic E-state index is 0.173. The highest BCUT2D eigenvalue weighted by molar-refractivity contribution is 5.64. The predicted octanol–water partition coefficient (Wildman–Crippen LogP) is 2.48. The molecule has 1 saturated carbocycles. The monoisotopic (exact) mass is 217 g/mol. The molecule has 3 rings (SSSR count). The molecule has 86 valence electrons. The van der Waals surface area contributed by atoms with Crippen molar-refractivity contribution in [3.63, 3.8) is 0 Å². The summed E-state index contributed by atoms with van der Waals surface area (Å²) in [6, 6.07) is 7.08. The number of fused-ring (bicyclic) bond motifs is 1. The van der Waals surface area contributed by atoms with E-state index in [1.165, 1.54) is 36.9 Å². The molecule has 1 aliphatic heterocycles.